The van der Waals surface area contributed by atoms with Gasteiger partial charge in [-0.25, -0.2) is 0 Å². The number of hydrogen-bond donors (Lipinski definition) is 8. The van der Waals surface area contributed by atoms with Crippen LogP contribution in [0.25, 0.3) is 0 Å². The van der Waals surface area contributed by atoms with Gasteiger partial charge >= 0.3 is 0 Å². The van der Waals surface area contributed by atoms with Crippen molar-refractivity contribution in [1.82, 2.24) is 49.2 Å². The highest BCUT2D eigenvalue weighted by atomic mass is 35.5. The molecule has 0 bridgehead atoms. The summed E-state index contributed by atoms with van der Waals surface area (Å²) in [6, 6.07) is 0. The van der Waals surface area contributed by atoms with E-state index in [1.54, 1.807) is 0 Å². The summed E-state index contributed by atoms with van der Waals surface area (Å²) >= 11 is 0. The molecule has 24 N–H and O–H groups in total. The molecular weight excluding hydrogens is 432 g/mol. The van der Waals surface area contributed by atoms with Gasteiger partial charge in [-0.2, -0.15) is 0 Å². The van der Waals surface area contributed by atoms with E-state index in [0.29, 0.717) is 0 Å². The average Bonchev–Trinajstić information content (AvgIpc) is 0.918. The summed E-state index contributed by atoms with van der Waals surface area (Å²) in [5, 5.41) is 0. The monoisotopic (exact) mass is 467 g/mol. The lowest BCUT2D eigenvalue weighted by molar-refractivity contribution is 1.23. The van der Waals surface area contributed by atoms with Gasteiger partial charge in [0.15, 0.2) is 0 Å². The maximum absolute atomic E-state index is 3.49. The van der Waals surface area contributed by atoms with Crippen molar-refractivity contribution in [3.8, 4) is 0 Å². The van der Waals surface area contributed by atoms with Crippen molar-refractivity contribution in [2.45, 2.75) is 13.3 Å². The van der Waals surface area contributed by atoms with Crippen LogP contribution in [0.3, 0.4) is 0 Å². The fourth-order valence-corrected chi connectivity index (χ4v) is 0. The first kappa shape index (κ1) is 525. The topological polar surface area (TPSA) is 280 Å². The SMILES string of the molecule is Cl.Cl.Cl.Cl.Cl.Cl.Cl.Cl.N.N.N.N.N.N.N.N.[CH2]CC. The van der Waals surface area contributed by atoms with Crippen LogP contribution in [-0.2, 0) is 0 Å². The molecule has 0 aromatic heterocycles. The Morgan fingerprint density at radius 3 is 0.421 bits per heavy atom. The van der Waals surface area contributed by atoms with Crippen molar-refractivity contribution in [2.75, 3.05) is 0 Å². The third-order valence-corrected chi connectivity index (χ3v) is 0. The third-order valence-electron chi connectivity index (χ3n) is 0. The zero-order valence-electron chi connectivity index (χ0n) is 11.3. The van der Waals surface area contributed by atoms with Crippen LogP contribution < -0.4 is 49.2 Å². The fourth-order valence-electron chi connectivity index (χ4n) is 0. The third kappa shape index (κ3) is 1620. The molecule has 0 rings (SSSR count). The van der Waals surface area contributed by atoms with Gasteiger partial charge in [-0.15, -0.1) is 99.3 Å². The lowest BCUT2D eigenvalue weighted by Crippen LogP contribution is -1.29. The van der Waals surface area contributed by atoms with Gasteiger partial charge in [0.1, 0.15) is 0 Å². The van der Waals surface area contributed by atoms with Crippen LogP contribution in [0, 0.1) is 6.92 Å². The molecule has 0 fully saturated rings. The Morgan fingerprint density at radius 2 is 0.421 bits per heavy atom. The minimum atomic E-state index is 0. The molecule has 0 aliphatic rings. The molecule has 8 nitrogen and oxygen atoms in total. The Balaban J connectivity index is -0.000000000167. The van der Waals surface area contributed by atoms with Crippen LogP contribution in [0.15, 0.2) is 0 Å². The van der Waals surface area contributed by atoms with E-state index in [0.717, 1.165) is 6.42 Å². The normalized spacial score (nSPS) is 0.947. The number of halogens is 8. The smallest absolute Gasteiger partial charge is 0.0536 e. The predicted octanol–water partition coefficient (Wildman–Crippen LogP) is 5.90. The molecule has 1 radical (unpaired) electrons. The molecule has 0 aliphatic heterocycles. The molecule has 0 saturated carbocycles. The molecule has 19 heavy (non-hydrogen) atoms. The van der Waals surface area contributed by atoms with Gasteiger partial charge in [-0.3, -0.25) is 0 Å². The highest BCUT2D eigenvalue weighted by Crippen LogP contribution is 1.54. The first-order valence-corrected chi connectivity index (χ1v) is 1.21. The van der Waals surface area contributed by atoms with Gasteiger partial charge in [0.05, 0.1) is 0 Å². The van der Waals surface area contributed by atoms with Crippen molar-refractivity contribution < 1.29 is 0 Å². The van der Waals surface area contributed by atoms with E-state index in [1.165, 1.54) is 0 Å². The van der Waals surface area contributed by atoms with E-state index < -0.39 is 0 Å². The predicted molar refractivity (Wildman–Crippen MR) is 114 cm³/mol. The summed E-state index contributed by atoms with van der Waals surface area (Å²) in [5.41, 5.74) is 0. The molecule has 0 heterocycles. The van der Waals surface area contributed by atoms with Crippen LogP contribution in [0.4, 0.5) is 0 Å². The molecule has 0 amide bonds. The Hall–Kier alpha value is 2.00. The van der Waals surface area contributed by atoms with E-state index in [-0.39, 0.29) is 148 Å². The van der Waals surface area contributed by atoms with E-state index in [2.05, 4.69) is 6.92 Å². The molecule has 0 aliphatic carbocycles. The Bertz CT molecular complexity index is 28.0. The summed E-state index contributed by atoms with van der Waals surface area (Å²) < 4.78 is 0. The number of hydrogen-bond acceptors (Lipinski definition) is 8. The molecule has 0 spiro atoms. The maximum Gasteiger partial charge on any atom is -0.0536 e. The minimum Gasteiger partial charge on any atom is -0.344 e. The van der Waals surface area contributed by atoms with Crippen LogP contribution >= 0.6 is 99.3 Å². The summed E-state index contributed by atoms with van der Waals surface area (Å²) in [5.74, 6) is 0. The number of rotatable bonds is 0. The first-order chi connectivity index (χ1) is 1.41. The molecule has 147 valence electrons. The van der Waals surface area contributed by atoms with E-state index in [9.17, 15) is 0 Å². The van der Waals surface area contributed by atoms with Crippen molar-refractivity contribution >= 4 is 99.3 Å². The minimum absolute atomic E-state index is 0. The summed E-state index contributed by atoms with van der Waals surface area (Å²) in [4.78, 5) is 0. The first-order valence-electron chi connectivity index (χ1n) is 1.21. The fraction of sp³-hybridized carbons (Fsp3) is 0.667. The maximum atomic E-state index is 3.49. The van der Waals surface area contributed by atoms with E-state index >= 15 is 0 Å². The van der Waals surface area contributed by atoms with Gasteiger partial charge in [-0.1, -0.05) is 20.3 Å². The Labute approximate surface area is 168 Å². The van der Waals surface area contributed by atoms with Crippen LogP contribution in [-0.4, -0.2) is 0 Å². The standard InChI is InChI=1S/C3H7.8ClH.8H3N/c1-3-2;;;;;;;;;;;;;;;;/h1,3H2,2H3;8*1H;8*1H3. The molecule has 0 unspecified atom stereocenters. The van der Waals surface area contributed by atoms with E-state index in [1.807, 2.05) is 6.92 Å². The molecule has 0 atom stereocenters. The second-order valence-corrected chi connectivity index (χ2v) is 0.500. The average molecular weight is 471 g/mol. The van der Waals surface area contributed by atoms with Gasteiger partial charge in [0.2, 0.25) is 0 Å². The highest BCUT2D eigenvalue weighted by Gasteiger charge is 1.36. The second kappa shape index (κ2) is 802. The van der Waals surface area contributed by atoms with Crippen LogP contribution in [0.2, 0.25) is 0 Å². The van der Waals surface area contributed by atoms with E-state index in [4.69, 9.17) is 0 Å². The zero-order chi connectivity index (χ0) is 2.71. The van der Waals surface area contributed by atoms with Crippen LogP contribution in [0.1, 0.15) is 13.3 Å². The molecule has 16 heteroatoms. The Morgan fingerprint density at radius 1 is 0.421 bits per heavy atom. The molecule has 0 saturated heterocycles. The quantitative estimate of drug-likeness (QED) is 0.210. The van der Waals surface area contributed by atoms with Crippen molar-refractivity contribution in [3.05, 3.63) is 6.92 Å². The molecule has 0 aromatic rings. The van der Waals surface area contributed by atoms with Crippen LogP contribution in [0.5, 0.6) is 0 Å². The highest BCUT2D eigenvalue weighted by molar-refractivity contribution is 5.86. The summed E-state index contributed by atoms with van der Waals surface area (Å²) in [7, 11) is 0. The zero-order valence-corrected chi connectivity index (χ0v) is 17.9. The van der Waals surface area contributed by atoms with Crippen molar-refractivity contribution in [3.63, 3.8) is 0 Å². The van der Waals surface area contributed by atoms with Crippen molar-refractivity contribution in [1.29, 1.82) is 0 Å². The van der Waals surface area contributed by atoms with Gasteiger partial charge in [0.25, 0.3) is 0 Å². The molecule has 0 aromatic carbocycles. The van der Waals surface area contributed by atoms with Gasteiger partial charge in [-0.05, 0) is 0 Å². The van der Waals surface area contributed by atoms with Gasteiger partial charge in [0, 0.05) is 0 Å². The Kier molecular flexibility index (Phi) is 22200. The lowest BCUT2D eigenvalue weighted by Gasteiger charge is -1.47. The summed E-state index contributed by atoms with van der Waals surface area (Å²) in [6.07, 6.45) is 1.00. The van der Waals surface area contributed by atoms with Crippen molar-refractivity contribution in [2.24, 2.45) is 0 Å². The second-order valence-electron chi connectivity index (χ2n) is 0.500. The van der Waals surface area contributed by atoms with Gasteiger partial charge < -0.3 is 49.2 Å². The molecular formula is C3H39Cl8N8. The largest absolute Gasteiger partial charge is 0.344 e. The lowest BCUT2D eigenvalue weighted by atomic mass is 10.6. The summed E-state index contributed by atoms with van der Waals surface area (Å²) in [6.45, 7) is 5.50.